The van der Waals surface area contributed by atoms with Gasteiger partial charge in [0.25, 0.3) is 5.91 Å². The van der Waals surface area contributed by atoms with Gasteiger partial charge in [-0.1, -0.05) is 32.9 Å². The van der Waals surface area contributed by atoms with Crippen LogP contribution in [0.15, 0.2) is 53.5 Å². The third-order valence-corrected chi connectivity index (χ3v) is 8.30. The predicted molar refractivity (Wildman–Crippen MR) is 155 cm³/mol. The Kier molecular flexibility index (Phi) is 9.57. The summed E-state index contributed by atoms with van der Waals surface area (Å²) >= 11 is 0. The molecule has 12 heteroatoms. The SMILES string of the molecule is CC[C@@H](NC(=O)c1ccc(Oc2cc(C)n[nH]c2=O)cn1)C(=O)N1[C@H](c2cccc(F)c2)CC[C@@H]1C(CC)(CC)C(=O)O. The number of nitrogens with one attached hydrogen (secondary N) is 2. The first-order valence-corrected chi connectivity index (χ1v) is 14.4. The zero-order valence-electron chi connectivity index (χ0n) is 24.6. The average molecular weight is 594 g/mol. The molecule has 228 valence electrons. The molecule has 1 saturated heterocycles. The first kappa shape index (κ1) is 31.3. The van der Waals surface area contributed by atoms with Crippen LogP contribution in [0.2, 0.25) is 0 Å². The topological polar surface area (TPSA) is 155 Å². The number of aromatic amines is 1. The molecule has 11 nitrogen and oxygen atoms in total. The number of H-pyrrole nitrogens is 1. The van der Waals surface area contributed by atoms with E-state index in [1.165, 1.54) is 36.5 Å². The molecule has 2 amide bonds. The highest BCUT2D eigenvalue weighted by molar-refractivity contribution is 5.96. The summed E-state index contributed by atoms with van der Waals surface area (Å²) in [6.45, 7) is 7.02. The minimum absolute atomic E-state index is 0.0140. The molecule has 0 aliphatic carbocycles. The molecule has 1 aromatic carbocycles. The highest BCUT2D eigenvalue weighted by atomic mass is 19.1. The summed E-state index contributed by atoms with van der Waals surface area (Å²) < 4.78 is 19.8. The first-order chi connectivity index (χ1) is 20.5. The smallest absolute Gasteiger partial charge is 0.311 e. The minimum Gasteiger partial charge on any atom is -0.481 e. The van der Waals surface area contributed by atoms with Crippen LogP contribution in [0, 0.1) is 18.2 Å². The number of halogens is 1. The number of ether oxygens (including phenoxy) is 1. The van der Waals surface area contributed by atoms with Gasteiger partial charge in [-0.15, -0.1) is 0 Å². The highest BCUT2D eigenvalue weighted by Gasteiger charge is 2.53. The maximum absolute atomic E-state index is 14.2. The zero-order valence-corrected chi connectivity index (χ0v) is 24.6. The van der Waals surface area contributed by atoms with E-state index < -0.39 is 52.7 Å². The van der Waals surface area contributed by atoms with Crippen molar-refractivity contribution in [3.8, 4) is 11.5 Å². The van der Waals surface area contributed by atoms with Gasteiger partial charge in [-0.3, -0.25) is 19.2 Å². The van der Waals surface area contributed by atoms with Gasteiger partial charge in [-0.05, 0) is 68.9 Å². The van der Waals surface area contributed by atoms with E-state index in [9.17, 15) is 28.7 Å². The normalized spacial score (nSPS) is 17.4. The van der Waals surface area contributed by atoms with Gasteiger partial charge in [-0.2, -0.15) is 5.10 Å². The molecule has 43 heavy (non-hydrogen) atoms. The Morgan fingerprint density at radius 3 is 2.51 bits per heavy atom. The number of aliphatic carboxylic acids is 1. The average Bonchev–Trinajstić information content (AvgIpc) is 3.44. The van der Waals surface area contributed by atoms with Crippen LogP contribution in [-0.4, -0.2) is 55.1 Å². The van der Waals surface area contributed by atoms with Gasteiger partial charge in [0, 0.05) is 12.1 Å². The summed E-state index contributed by atoms with van der Waals surface area (Å²) in [5.41, 5.74) is -0.588. The maximum atomic E-state index is 14.2. The molecule has 1 aliphatic rings. The Balaban J connectivity index is 1.59. The molecule has 3 aromatic rings. The van der Waals surface area contributed by atoms with E-state index in [2.05, 4.69) is 20.5 Å². The van der Waals surface area contributed by atoms with Crippen LogP contribution < -0.4 is 15.6 Å². The molecule has 0 radical (unpaired) electrons. The molecule has 4 rings (SSSR count). The van der Waals surface area contributed by atoms with Gasteiger partial charge in [-0.25, -0.2) is 14.5 Å². The zero-order chi connectivity index (χ0) is 31.3. The highest BCUT2D eigenvalue weighted by Crippen LogP contribution is 2.47. The van der Waals surface area contributed by atoms with Crippen LogP contribution >= 0.6 is 0 Å². The maximum Gasteiger partial charge on any atom is 0.311 e. The molecule has 1 fully saturated rings. The number of benzene rings is 1. The lowest BCUT2D eigenvalue weighted by Crippen LogP contribution is -2.56. The molecule has 3 N–H and O–H groups in total. The Morgan fingerprint density at radius 1 is 1.16 bits per heavy atom. The van der Waals surface area contributed by atoms with E-state index in [-0.39, 0.29) is 23.6 Å². The van der Waals surface area contributed by atoms with Crippen LogP contribution in [-0.2, 0) is 9.59 Å². The first-order valence-electron chi connectivity index (χ1n) is 14.4. The Hall–Kier alpha value is -4.61. The number of hydrogen-bond acceptors (Lipinski definition) is 7. The van der Waals surface area contributed by atoms with Gasteiger partial charge in [0.1, 0.15) is 23.3 Å². The van der Waals surface area contributed by atoms with Gasteiger partial charge in [0.15, 0.2) is 5.75 Å². The lowest BCUT2D eigenvalue weighted by Gasteiger charge is -2.42. The number of aromatic nitrogens is 3. The van der Waals surface area contributed by atoms with Crippen molar-refractivity contribution in [3.63, 3.8) is 0 Å². The Morgan fingerprint density at radius 2 is 1.91 bits per heavy atom. The van der Waals surface area contributed by atoms with E-state index >= 15 is 0 Å². The molecular formula is C31H36FN5O6. The number of nitrogens with zero attached hydrogens (tertiary/aromatic N) is 3. The van der Waals surface area contributed by atoms with E-state index in [1.807, 2.05) is 0 Å². The number of aryl methyl sites for hydroxylation is 1. The molecule has 0 spiro atoms. The van der Waals surface area contributed by atoms with Crippen molar-refractivity contribution in [2.75, 3.05) is 0 Å². The van der Waals surface area contributed by atoms with Gasteiger partial charge >= 0.3 is 11.5 Å². The number of hydrogen-bond donors (Lipinski definition) is 3. The minimum atomic E-state index is -1.20. The Labute approximate surface area is 248 Å². The summed E-state index contributed by atoms with van der Waals surface area (Å²) in [5, 5.41) is 19.2. The molecule has 2 aromatic heterocycles. The number of rotatable bonds is 11. The largest absolute Gasteiger partial charge is 0.481 e. The fraction of sp³-hybridized carbons (Fsp3) is 0.419. The summed E-state index contributed by atoms with van der Waals surface area (Å²) in [5.74, 6) is -2.25. The summed E-state index contributed by atoms with van der Waals surface area (Å²) in [6.07, 6.45) is 3.00. The Bertz CT molecular complexity index is 1540. The van der Waals surface area contributed by atoms with Crippen molar-refractivity contribution < 1.29 is 28.6 Å². The van der Waals surface area contributed by atoms with E-state index in [0.717, 1.165) is 0 Å². The third kappa shape index (κ3) is 6.42. The standard InChI is InChI=1S/C31H36FN5O6/c1-5-22(34-27(38)23-12-11-21(17-33-23)43-25-15-18(4)35-36-28(25)39)29(40)37-24(19-9-8-10-20(32)16-19)13-14-26(37)31(6-2,7-3)30(41)42/h8-12,15-17,22,24,26H,5-7,13-14H2,1-4H3,(H,34,38)(H,36,39)(H,41,42)/t22-,24+,26-/m1/s1. The fourth-order valence-electron chi connectivity index (χ4n) is 5.88. The van der Waals surface area contributed by atoms with Gasteiger partial charge < -0.3 is 20.1 Å². The van der Waals surface area contributed by atoms with Crippen molar-refractivity contribution in [2.45, 2.75) is 77.9 Å². The second-order valence-electron chi connectivity index (χ2n) is 10.7. The summed E-state index contributed by atoms with van der Waals surface area (Å²) in [6, 6.07) is 8.13. The molecule has 3 atom stereocenters. The summed E-state index contributed by atoms with van der Waals surface area (Å²) in [4.78, 5) is 57.7. The lowest BCUT2D eigenvalue weighted by molar-refractivity contribution is -0.157. The van der Waals surface area contributed by atoms with E-state index in [4.69, 9.17) is 4.74 Å². The van der Waals surface area contributed by atoms with Crippen LogP contribution in [0.3, 0.4) is 0 Å². The molecule has 1 aliphatic heterocycles. The number of carboxylic acid groups (broad SMARTS) is 1. The molecular weight excluding hydrogens is 557 g/mol. The number of carbonyl (C=O) groups is 3. The summed E-state index contributed by atoms with van der Waals surface area (Å²) in [7, 11) is 0. The van der Waals surface area contributed by atoms with Crippen LogP contribution in [0.1, 0.15) is 80.7 Å². The lowest BCUT2D eigenvalue weighted by atomic mass is 9.74. The number of pyridine rings is 1. The quantitative estimate of drug-likeness (QED) is 0.293. The molecule has 3 heterocycles. The van der Waals surface area contributed by atoms with E-state index in [0.29, 0.717) is 36.9 Å². The van der Waals surface area contributed by atoms with Crippen LogP contribution in [0.25, 0.3) is 0 Å². The van der Waals surface area contributed by atoms with Gasteiger partial charge in [0.05, 0.1) is 23.3 Å². The van der Waals surface area contributed by atoms with Crippen LogP contribution in [0.4, 0.5) is 4.39 Å². The third-order valence-electron chi connectivity index (χ3n) is 8.30. The predicted octanol–water partition coefficient (Wildman–Crippen LogP) is 4.54. The number of amides is 2. The second kappa shape index (κ2) is 13.1. The monoisotopic (exact) mass is 593 g/mol. The van der Waals surface area contributed by atoms with Crippen molar-refractivity contribution in [3.05, 3.63) is 81.8 Å². The van der Waals surface area contributed by atoms with Gasteiger partial charge in [0.2, 0.25) is 5.91 Å². The van der Waals surface area contributed by atoms with Crippen molar-refractivity contribution in [1.82, 2.24) is 25.4 Å². The van der Waals surface area contributed by atoms with Crippen molar-refractivity contribution >= 4 is 17.8 Å². The van der Waals surface area contributed by atoms with E-state index in [1.54, 1.807) is 44.7 Å². The molecule has 0 unspecified atom stereocenters. The number of carbonyl (C=O) groups excluding carboxylic acids is 2. The molecule has 0 saturated carbocycles. The van der Waals surface area contributed by atoms with Crippen molar-refractivity contribution in [1.29, 1.82) is 0 Å². The molecule has 0 bridgehead atoms. The fourth-order valence-corrected chi connectivity index (χ4v) is 5.88. The number of carboxylic acids is 1. The van der Waals surface area contributed by atoms with Crippen molar-refractivity contribution in [2.24, 2.45) is 5.41 Å². The number of likely N-dealkylation sites (tertiary alicyclic amines) is 1. The van der Waals surface area contributed by atoms with Crippen LogP contribution in [0.5, 0.6) is 11.5 Å². The second-order valence-corrected chi connectivity index (χ2v) is 10.7.